The van der Waals surface area contributed by atoms with Gasteiger partial charge in [-0.2, -0.15) is 5.10 Å². The fourth-order valence-electron chi connectivity index (χ4n) is 1.69. The third-order valence-electron chi connectivity index (χ3n) is 2.94. The second-order valence-electron chi connectivity index (χ2n) is 4.67. The fourth-order valence-corrected chi connectivity index (χ4v) is 1.69. The van der Waals surface area contributed by atoms with E-state index < -0.39 is 6.03 Å². The Hall–Kier alpha value is -1.84. The number of nitrogens with zero attached hydrogens (tertiary/aromatic N) is 1. The van der Waals surface area contributed by atoms with Crippen LogP contribution in [0.25, 0.3) is 0 Å². The van der Waals surface area contributed by atoms with Gasteiger partial charge in [0.1, 0.15) is 0 Å². The van der Waals surface area contributed by atoms with Gasteiger partial charge in [0, 0.05) is 5.71 Å². The molecular formula is C14H21N3O. The number of hydrazone groups is 1. The maximum absolute atomic E-state index is 10.5. The van der Waals surface area contributed by atoms with E-state index >= 15 is 0 Å². The highest BCUT2D eigenvalue weighted by molar-refractivity contribution is 5.83. The van der Waals surface area contributed by atoms with Crippen molar-refractivity contribution in [1.82, 2.24) is 5.43 Å². The Kier molecular flexibility index (Phi) is 5.36. The van der Waals surface area contributed by atoms with Crippen LogP contribution in [0, 0.1) is 6.92 Å². The summed E-state index contributed by atoms with van der Waals surface area (Å²) in [5.41, 5.74) is 10.7. The van der Waals surface area contributed by atoms with Crippen molar-refractivity contribution >= 4 is 11.7 Å². The molecule has 0 aliphatic carbocycles. The Morgan fingerprint density at radius 2 is 2.00 bits per heavy atom. The monoisotopic (exact) mass is 247 g/mol. The molecule has 4 nitrogen and oxygen atoms in total. The van der Waals surface area contributed by atoms with Crippen molar-refractivity contribution < 1.29 is 4.79 Å². The molecule has 98 valence electrons. The molecule has 4 heteroatoms. The number of carbonyl (C=O) groups excluding carboxylic acids is 1. The van der Waals surface area contributed by atoms with Crippen LogP contribution in [0.4, 0.5) is 4.79 Å². The van der Waals surface area contributed by atoms with Crippen LogP contribution < -0.4 is 11.2 Å². The highest BCUT2D eigenvalue weighted by Gasteiger charge is 2.06. The third kappa shape index (κ3) is 4.99. The van der Waals surface area contributed by atoms with E-state index in [1.165, 1.54) is 11.1 Å². The van der Waals surface area contributed by atoms with Crippen LogP contribution in [0.2, 0.25) is 0 Å². The van der Waals surface area contributed by atoms with Crippen molar-refractivity contribution in [3.63, 3.8) is 0 Å². The minimum absolute atomic E-state index is 0.476. The first-order valence-corrected chi connectivity index (χ1v) is 6.14. The van der Waals surface area contributed by atoms with Gasteiger partial charge in [0.25, 0.3) is 0 Å². The second kappa shape index (κ2) is 6.79. The average Bonchev–Trinajstić information content (AvgIpc) is 2.34. The Bertz CT molecular complexity index is 423. The van der Waals surface area contributed by atoms with E-state index in [0.717, 1.165) is 18.6 Å². The first-order valence-electron chi connectivity index (χ1n) is 6.14. The van der Waals surface area contributed by atoms with Crippen molar-refractivity contribution in [2.45, 2.75) is 39.5 Å². The standard InChI is InChI=1S/C14H21N3O/c1-10-4-8-13(9-5-10)11(2)6-7-12(3)16-17-14(15)18/h4-5,8-9,11H,6-7H2,1-3H3,(H3,15,17,18)/t11-/m0/s1. The molecule has 0 saturated carbocycles. The van der Waals surface area contributed by atoms with Crippen LogP contribution >= 0.6 is 0 Å². The van der Waals surface area contributed by atoms with Crippen LogP contribution in [-0.2, 0) is 0 Å². The predicted octanol–water partition coefficient (Wildman–Crippen LogP) is 2.92. The third-order valence-corrected chi connectivity index (χ3v) is 2.94. The predicted molar refractivity (Wildman–Crippen MR) is 74.7 cm³/mol. The molecule has 1 aromatic carbocycles. The maximum atomic E-state index is 10.5. The number of primary amides is 1. The number of aryl methyl sites for hydroxylation is 1. The summed E-state index contributed by atoms with van der Waals surface area (Å²) in [4.78, 5) is 10.5. The molecule has 1 rings (SSSR count). The zero-order valence-electron chi connectivity index (χ0n) is 11.2. The molecule has 2 amide bonds. The molecule has 0 aliphatic rings. The van der Waals surface area contributed by atoms with Gasteiger partial charge in [0.2, 0.25) is 0 Å². The average molecular weight is 247 g/mol. The Morgan fingerprint density at radius 3 is 2.56 bits per heavy atom. The normalized spacial score (nSPS) is 13.2. The van der Waals surface area contributed by atoms with Crippen LogP contribution in [0.1, 0.15) is 43.7 Å². The number of hydrogen-bond acceptors (Lipinski definition) is 2. The summed E-state index contributed by atoms with van der Waals surface area (Å²) < 4.78 is 0. The van der Waals surface area contributed by atoms with Crippen LogP contribution in [-0.4, -0.2) is 11.7 Å². The fraction of sp³-hybridized carbons (Fsp3) is 0.429. The quantitative estimate of drug-likeness (QED) is 0.609. The molecule has 0 unspecified atom stereocenters. The minimum atomic E-state index is -0.624. The highest BCUT2D eigenvalue weighted by Crippen LogP contribution is 2.21. The van der Waals surface area contributed by atoms with Gasteiger partial charge < -0.3 is 5.73 Å². The SMILES string of the molecule is CC(CC[C@H](C)c1ccc(C)cc1)=NNC(N)=O. The van der Waals surface area contributed by atoms with Crippen molar-refractivity contribution in [1.29, 1.82) is 0 Å². The first-order chi connectivity index (χ1) is 8.49. The van der Waals surface area contributed by atoms with E-state index in [1.54, 1.807) is 0 Å². The summed E-state index contributed by atoms with van der Waals surface area (Å²) in [5.74, 6) is 0.476. The molecule has 0 bridgehead atoms. The van der Waals surface area contributed by atoms with E-state index in [1.807, 2.05) is 6.92 Å². The van der Waals surface area contributed by atoms with E-state index in [9.17, 15) is 4.79 Å². The number of amides is 2. The number of nitrogens with two attached hydrogens (primary N) is 1. The molecule has 0 heterocycles. The molecule has 0 fully saturated rings. The summed E-state index contributed by atoms with van der Waals surface area (Å²) in [7, 11) is 0. The van der Waals surface area contributed by atoms with Gasteiger partial charge in [0.15, 0.2) is 0 Å². The number of nitrogens with one attached hydrogen (secondary N) is 1. The summed E-state index contributed by atoms with van der Waals surface area (Å²) in [6.45, 7) is 6.16. The smallest absolute Gasteiger partial charge is 0.332 e. The first kappa shape index (κ1) is 14.2. The number of hydrogen-bond donors (Lipinski definition) is 2. The lowest BCUT2D eigenvalue weighted by Crippen LogP contribution is -2.25. The Morgan fingerprint density at radius 1 is 1.39 bits per heavy atom. The zero-order valence-corrected chi connectivity index (χ0v) is 11.2. The van der Waals surface area contributed by atoms with Gasteiger partial charge in [-0.25, -0.2) is 10.2 Å². The van der Waals surface area contributed by atoms with Crippen molar-refractivity contribution in [2.75, 3.05) is 0 Å². The molecule has 1 atom stereocenters. The van der Waals surface area contributed by atoms with Crippen LogP contribution in [0.15, 0.2) is 29.4 Å². The van der Waals surface area contributed by atoms with Crippen LogP contribution in [0.3, 0.4) is 0 Å². The molecular weight excluding hydrogens is 226 g/mol. The topological polar surface area (TPSA) is 67.5 Å². The van der Waals surface area contributed by atoms with E-state index in [-0.39, 0.29) is 0 Å². The Balaban J connectivity index is 2.45. The minimum Gasteiger partial charge on any atom is -0.350 e. The van der Waals surface area contributed by atoms with Gasteiger partial charge in [-0.15, -0.1) is 0 Å². The lowest BCUT2D eigenvalue weighted by Gasteiger charge is -2.11. The van der Waals surface area contributed by atoms with E-state index in [0.29, 0.717) is 5.92 Å². The van der Waals surface area contributed by atoms with Crippen molar-refractivity contribution in [3.05, 3.63) is 35.4 Å². The molecule has 0 saturated heterocycles. The van der Waals surface area contributed by atoms with Gasteiger partial charge in [0.05, 0.1) is 0 Å². The lowest BCUT2D eigenvalue weighted by atomic mass is 9.94. The van der Waals surface area contributed by atoms with Gasteiger partial charge >= 0.3 is 6.03 Å². The highest BCUT2D eigenvalue weighted by atomic mass is 16.2. The lowest BCUT2D eigenvalue weighted by molar-refractivity contribution is 0.249. The zero-order chi connectivity index (χ0) is 13.5. The number of carbonyl (C=O) groups is 1. The summed E-state index contributed by atoms with van der Waals surface area (Å²) in [6, 6.07) is 7.95. The van der Waals surface area contributed by atoms with Crippen molar-refractivity contribution in [3.8, 4) is 0 Å². The van der Waals surface area contributed by atoms with E-state index in [2.05, 4.69) is 48.6 Å². The summed E-state index contributed by atoms with van der Waals surface area (Å²) in [5, 5.41) is 3.90. The number of rotatable bonds is 5. The molecule has 3 N–H and O–H groups in total. The second-order valence-corrected chi connectivity index (χ2v) is 4.67. The largest absolute Gasteiger partial charge is 0.350 e. The molecule has 0 aliphatic heterocycles. The number of urea groups is 1. The molecule has 18 heavy (non-hydrogen) atoms. The van der Waals surface area contributed by atoms with Gasteiger partial charge in [-0.3, -0.25) is 0 Å². The maximum Gasteiger partial charge on any atom is 0.332 e. The van der Waals surface area contributed by atoms with E-state index in [4.69, 9.17) is 5.73 Å². The van der Waals surface area contributed by atoms with Crippen molar-refractivity contribution in [2.24, 2.45) is 10.8 Å². The molecule has 0 aromatic heterocycles. The molecule has 0 radical (unpaired) electrons. The van der Waals surface area contributed by atoms with Gasteiger partial charge in [-0.1, -0.05) is 36.8 Å². The van der Waals surface area contributed by atoms with Gasteiger partial charge in [-0.05, 0) is 38.2 Å². The molecule has 0 spiro atoms. The summed E-state index contributed by atoms with van der Waals surface area (Å²) >= 11 is 0. The number of benzene rings is 1. The molecule has 1 aromatic rings. The summed E-state index contributed by atoms with van der Waals surface area (Å²) in [6.07, 6.45) is 1.84. The Labute approximate surface area is 108 Å². The van der Waals surface area contributed by atoms with Crippen LogP contribution in [0.5, 0.6) is 0 Å².